The molecule has 2 aromatic carbocycles. The number of hydrogen-bond donors (Lipinski definition) is 0. The average Bonchev–Trinajstić information content (AvgIpc) is 2.73. The summed E-state index contributed by atoms with van der Waals surface area (Å²) in [5.41, 5.74) is 6.30. The summed E-state index contributed by atoms with van der Waals surface area (Å²) in [6, 6.07) is 14.9. The van der Waals surface area contributed by atoms with Crippen LogP contribution in [0.25, 0.3) is 0 Å². The van der Waals surface area contributed by atoms with Gasteiger partial charge in [0.25, 0.3) is 0 Å². The molecule has 0 spiro atoms. The molecule has 0 N–H and O–H groups in total. The van der Waals surface area contributed by atoms with Gasteiger partial charge in [0.05, 0.1) is 0 Å². The van der Waals surface area contributed by atoms with Crippen LogP contribution in [0.5, 0.6) is 0 Å². The third-order valence-electron chi connectivity index (χ3n) is 4.93. The highest BCUT2D eigenvalue weighted by Crippen LogP contribution is 2.24. The van der Waals surface area contributed by atoms with Gasteiger partial charge in [0.1, 0.15) is 0 Å². The normalized spacial score (nSPS) is 14.3. The van der Waals surface area contributed by atoms with Crippen LogP contribution in [-0.2, 0) is 17.8 Å². The molecule has 3 heteroatoms. The maximum Gasteiger partial charge on any atom is 0.223 e. The Morgan fingerprint density at radius 3 is 2.67 bits per heavy atom. The highest BCUT2D eigenvalue weighted by molar-refractivity contribution is 5.77. The smallest absolute Gasteiger partial charge is 0.223 e. The Hall–Kier alpha value is -2.29. The second-order valence-electron chi connectivity index (χ2n) is 6.80. The Bertz CT molecular complexity index is 738. The Labute approximate surface area is 144 Å². The predicted octanol–water partition coefficient (Wildman–Crippen LogP) is 3.71. The summed E-state index contributed by atoms with van der Waals surface area (Å²) in [4.78, 5) is 17.0. The van der Waals surface area contributed by atoms with Gasteiger partial charge < -0.3 is 9.80 Å². The number of amides is 1. The maximum absolute atomic E-state index is 12.7. The van der Waals surface area contributed by atoms with Gasteiger partial charge in [0.15, 0.2) is 0 Å². The lowest BCUT2D eigenvalue weighted by Crippen LogP contribution is -2.34. The third-order valence-corrected chi connectivity index (χ3v) is 4.93. The molecule has 0 saturated carbocycles. The second kappa shape index (κ2) is 7.08. The molecule has 0 radical (unpaired) electrons. The number of para-hydroxylation sites is 1. The molecular formula is C21H26N2O. The van der Waals surface area contributed by atoms with Gasteiger partial charge in [-0.25, -0.2) is 0 Å². The minimum absolute atomic E-state index is 0.250. The van der Waals surface area contributed by atoms with Gasteiger partial charge in [-0.1, -0.05) is 42.0 Å². The Balaban J connectivity index is 1.67. The number of carbonyl (C=O) groups excluding carboxylic acids is 1. The first kappa shape index (κ1) is 16.6. The fraction of sp³-hybridized carbons (Fsp3) is 0.381. The summed E-state index contributed by atoms with van der Waals surface area (Å²) in [6.07, 6.45) is 1.40. The van der Waals surface area contributed by atoms with Crippen molar-refractivity contribution in [1.29, 1.82) is 0 Å². The van der Waals surface area contributed by atoms with Gasteiger partial charge >= 0.3 is 0 Å². The molecule has 1 amide bonds. The highest BCUT2D eigenvalue weighted by Gasteiger charge is 2.20. The van der Waals surface area contributed by atoms with Crippen molar-refractivity contribution in [3.63, 3.8) is 0 Å². The zero-order valence-electron chi connectivity index (χ0n) is 14.9. The lowest BCUT2D eigenvalue weighted by molar-refractivity contribution is -0.131. The van der Waals surface area contributed by atoms with Crippen molar-refractivity contribution >= 4 is 11.6 Å². The SMILES string of the molecule is Cc1ccc(CCC(=O)N2CCN(C)c3ccccc3C2)c(C)c1. The number of fused-ring (bicyclic) bond motifs is 1. The zero-order chi connectivity index (χ0) is 17.1. The summed E-state index contributed by atoms with van der Waals surface area (Å²) < 4.78 is 0. The number of carbonyl (C=O) groups is 1. The first-order valence-corrected chi connectivity index (χ1v) is 8.67. The van der Waals surface area contributed by atoms with E-state index in [-0.39, 0.29) is 5.91 Å². The van der Waals surface area contributed by atoms with E-state index in [9.17, 15) is 4.79 Å². The van der Waals surface area contributed by atoms with Crippen LogP contribution in [0, 0.1) is 13.8 Å². The molecule has 126 valence electrons. The molecule has 1 heterocycles. The van der Waals surface area contributed by atoms with Gasteiger partial charge in [-0.05, 0) is 43.0 Å². The zero-order valence-corrected chi connectivity index (χ0v) is 14.9. The summed E-state index contributed by atoms with van der Waals surface area (Å²) in [7, 11) is 2.10. The minimum Gasteiger partial charge on any atom is -0.373 e. The van der Waals surface area contributed by atoms with Crippen molar-refractivity contribution < 1.29 is 4.79 Å². The summed E-state index contributed by atoms with van der Waals surface area (Å²) in [6.45, 7) is 6.62. The molecule has 2 aromatic rings. The molecule has 0 saturated heterocycles. The largest absolute Gasteiger partial charge is 0.373 e. The average molecular weight is 322 g/mol. The molecule has 1 aliphatic rings. The topological polar surface area (TPSA) is 23.6 Å². The number of nitrogens with zero attached hydrogens (tertiary/aromatic N) is 2. The highest BCUT2D eigenvalue weighted by atomic mass is 16.2. The van der Waals surface area contributed by atoms with E-state index in [1.165, 1.54) is 27.9 Å². The Morgan fingerprint density at radius 2 is 1.88 bits per heavy atom. The van der Waals surface area contributed by atoms with E-state index < -0.39 is 0 Å². The van der Waals surface area contributed by atoms with Gasteiger partial charge in [0.2, 0.25) is 5.91 Å². The van der Waals surface area contributed by atoms with Gasteiger partial charge in [-0.2, -0.15) is 0 Å². The van der Waals surface area contributed by atoms with Gasteiger partial charge in [-0.15, -0.1) is 0 Å². The van der Waals surface area contributed by atoms with E-state index in [4.69, 9.17) is 0 Å². The predicted molar refractivity (Wildman–Crippen MR) is 99.4 cm³/mol. The van der Waals surface area contributed by atoms with Crippen LogP contribution in [0.1, 0.15) is 28.7 Å². The van der Waals surface area contributed by atoms with E-state index >= 15 is 0 Å². The molecule has 3 rings (SSSR count). The van der Waals surface area contributed by atoms with Crippen molar-refractivity contribution in [2.24, 2.45) is 0 Å². The van der Waals surface area contributed by atoms with E-state index in [1.807, 2.05) is 4.90 Å². The van der Waals surface area contributed by atoms with Crippen LogP contribution in [-0.4, -0.2) is 30.9 Å². The van der Waals surface area contributed by atoms with Crippen molar-refractivity contribution in [3.05, 3.63) is 64.7 Å². The first-order chi connectivity index (χ1) is 11.5. The number of hydrogen-bond acceptors (Lipinski definition) is 2. The Morgan fingerprint density at radius 1 is 1.08 bits per heavy atom. The molecule has 24 heavy (non-hydrogen) atoms. The lowest BCUT2D eigenvalue weighted by Gasteiger charge is -2.21. The van der Waals surface area contributed by atoms with Crippen molar-refractivity contribution in [2.45, 2.75) is 33.2 Å². The molecule has 0 aromatic heterocycles. The van der Waals surface area contributed by atoms with E-state index in [0.29, 0.717) is 13.0 Å². The second-order valence-corrected chi connectivity index (χ2v) is 6.80. The third kappa shape index (κ3) is 3.61. The molecule has 0 atom stereocenters. The van der Waals surface area contributed by atoms with E-state index in [0.717, 1.165) is 19.5 Å². The van der Waals surface area contributed by atoms with Crippen molar-refractivity contribution in [3.8, 4) is 0 Å². The molecule has 0 unspecified atom stereocenters. The van der Waals surface area contributed by atoms with Crippen LogP contribution in [0.3, 0.4) is 0 Å². The summed E-state index contributed by atoms with van der Waals surface area (Å²) in [5, 5.41) is 0. The lowest BCUT2D eigenvalue weighted by atomic mass is 10.0. The molecule has 0 aliphatic carbocycles. The van der Waals surface area contributed by atoms with Crippen LogP contribution < -0.4 is 4.90 Å². The fourth-order valence-corrected chi connectivity index (χ4v) is 3.43. The monoisotopic (exact) mass is 322 g/mol. The summed E-state index contributed by atoms with van der Waals surface area (Å²) >= 11 is 0. The first-order valence-electron chi connectivity index (χ1n) is 8.67. The molecule has 0 fully saturated rings. The van der Waals surface area contributed by atoms with Crippen LogP contribution >= 0.6 is 0 Å². The molecule has 3 nitrogen and oxygen atoms in total. The fourth-order valence-electron chi connectivity index (χ4n) is 3.43. The van der Waals surface area contributed by atoms with Crippen LogP contribution in [0.2, 0.25) is 0 Å². The molecule has 0 bridgehead atoms. The van der Waals surface area contributed by atoms with E-state index in [1.54, 1.807) is 0 Å². The van der Waals surface area contributed by atoms with Crippen LogP contribution in [0.4, 0.5) is 5.69 Å². The number of aryl methyl sites for hydroxylation is 3. The number of rotatable bonds is 3. The number of likely N-dealkylation sites (N-methyl/N-ethyl adjacent to an activating group) is 1. The molecular weight excluding hydrogens is 296 g/mol. The standard InChI is InChI=1S/C21H26N2O/c1-16-8-9-18(17(2)14-16)10-11-21(24)23-13-12-22(3)20-7-5-4-6-19(20)15-23/h4-9,14H,10-13,15H2,1-3H3. The van der Waals surface area contributed by atoms with Gasteiger partial charge in [0, 0.05) is 38.8 Å². The molecule has 1 aliphatic heterocycles. The Kier molecular flexibility index (Phi) is 4.89. The van der Waals surface area contributed by atoms with Crippen molar-refractivity contribution in [1.82, 2.24) is 4.90 Å². The minimum atomic E-state index is 0.250. The van der Waals surface area contributed by atoms with E-state index in [2.05, 4.69) is 68.3 Å². The maximum atomic E-state index is 12.7. The number of benzene rings is 2. The quantitative estimate of drug-likeness (QED) is 0.860. The van der Waals surface area contributed by atoms with Crippen molar-refractivity contribution in [2.75, 3.05) is 25.0 Å². The number of anilines is 1. The summed E-state index contributed by atoms with van der Waals surface area (Å²) in [5.74, 6) is 0.250. The van der Waals surface area contributed by atoms with Crippen LogP contribution in [0.15, 0.2) is 42.5 Å². The van der Waals surface area contributed by atoms with Gasteiger partial charge in [-0.3, -0.25) is 4.79 Å².